The summed E-state index contributed by atoms with van der Waals surface area (Å²) in [6.45, 7) is -2.89. The van der Waals surface area contributed by atoms with Crippen LogP contribution in [-0.2, 0) is 14.3 Å². The summed E-state index contributed by atoms with van der Waals surface area (Å²) in [4.78, 5) is 24.6. The van der Waals surface area contributed by atoms with Crippen molar-refractivity contribution in [3.63, 3.8) is 0 Å². The molecule has 1 aromatic carbocycles. The number of carbonyl (C=O) groups is 2. The zero-order valence-corrected chi connectivity index (χ0v) is 10.7. The van der Waals surface area contributed by atoms with Gasteiger partial charge in [-0.05, 0) is 12.1 Å². The van der Waals surface area contributed by atoms with Crippen molar-refractivity contribution >= 4 is 17.6 Å². The summed E-state index contributed by atoms with van der Waals surface area (Å²) in [6.07, 6.45) is -0.00428. The standard InChI is InChI=1S/C13H13F2NO4/c1-19-12(18)8-6-11(17)16(7-8)9-4-2-3-5-10(9)20-13(14)15/h2-5,8,13H,6-7H2,1H3/t8-/m0/s1. The number of ether oxygens (including phenoxy) is 2. The van der Waals surface area contributed by atoms with E-state index in [1.807, 2.05) is 0 Å². The van der Waals surface area contributed by atoms with Crippen molar-refractivity contribution in [1.82, 2.24) is 0 Å². The number of para-hydroxylation sites is 2. The van der Waals surface area contributed by atoms with Crippen LogP contribution in [0.4, 0.5) is 14.5 Å². The average molecular weight is 285 g/mol. The number of esters is 1. The Hall–Kier alpha value is -2.18. The fraction of sp³-hybridized carbons (Fsp3) is 0.385. The number of hydrogen-bond donors (Lipinski definition) is 0. The van der Waals surface area contributed by atoms with E-state index in [0.717, 1.165) is 0 Å². The molecule has 1 heterocycles. The maximum absolute atomic E-state index is 12.3. The van der Waals surface area contributed by atoms with Crippen LogP contribution < -0.4 is 9.64 Å². The van der Waals surface area contributed by atoms with E-state index in [0.29, 0.717) is 0 Å². The third-order valence-corrected chi connectivity index (χ3v) is 3.03. The van der Waals surface area contributed by atoms with E-state index in [1.165, 1.54) is 30.2 Å². The van der Waals surface area contributed by atoms with Gasteiger partial charge in [0.1, 0.15) is 5.75 Å². The van der Waals surface area contributed by atoms with Gasteiger partial charge in [0.15, 0.2) is 0 Å². The molecule has 2 rings (SSSR count). The smallest absolute Gasteiger partial charge is 0.387 e. The van der Waals surface area contributed by atoms with Crippen molar-refractivity contribution in [1.29, 1.82) is 0 Å². The van der Waals surface area contributed by atoms with Gasteiger partial charge in [-0.3, -0.25) is 9.59 Å². The first kappa shape index (κ1) is 14.2. The molecule has 0 radical (unpaired) electrons. The quantitative estimate of drug-likeness (QED) is 0.792. The number of anilines is 1. The molecule has 20 heavy (non-hydrogen) atoms. The Balaban J connectivity index is 2.24. The first-order valence-electron chi connectivity index (χ1n) is 5.95. The highest BCUT2D eigenvalue weighted by Crippen LogP contribution is 2.34. The summed E-state index contributed by atoms with van der Waals surface area (Å²) in [7, 11) is 1.24. The first-order chi connectivity index (χ1) is 9.52. The van der Waals surface area contributed by atoms with Crippen LogP contribution in [0.15, 0.2) is 24.3 Å². The molecule has 1 atom stereocenters. The minimum atomic E-state index is -2.98. The molecule has 0 aromatic heterocycles. The Kier molecular flexibility index (Phi) is 4.16. The zero-order chi connectivity index (χ0) is 14.7. The van der Waals surface area contributed by atoms with Crippen molar-refractivity contribution in [2.24, 2.45) is 5.92 Å². The SMILES string of the molecule is COC(=O)[C@H]1CC(=O)N(c2ccccc2OC(F)F)C1. The molecule has 0 N–H and O–H groups in total. The van der Waals surface area contributed by atoms with E-state index < -0.39 is 18.5 Å². The van der Waals surface area contributed by atoms with E-state index in [1.54, 1.807) is 6.07 Å². The van der Waals surface area contributed by atoms with Gasteiger partial charge in [-0.1, -0.05) is 12.1 Å². The van der Waals surface area contributed by atoms with E-state index >= 15 is 0 Å². The molecule has 1 aliphatic heterocycles. The van der Waals surface area contributed by atoms with E-state index in [-0.39, 0.29) is 30.3 Å². The number of halogens is 2. The second kappa shape index (κ2) is 5.85. The van der Waals surface area contributed by atoms with Gasteiger partial charge in [0.05, 0.1) is 18.7 Å². The molecule has 0 saturated carbocycles. The van der Waals surface area contributed by atoms with Gasteiger partial charge in [0.2, 0.25) is 5.91 Å². The largest absolute Gasteiger partial charge is 0.469 e. The van der Waals surface area contributed by atoms with Crippen molar-refractivity contribution in [2.45, 2.75) is 13.0 Å². The molecule has 0 unspecified atom stereocenters. The number of alkyl halides is 2. The normalized spacial score (nSPS) is 18.5. The molecule has 0 aliphatic carbocycles. The molecule has 1 aromatic rings. The van der Waals surface area contributed by atoms with Gasteiger partial charge in [0, 0.05) is 13.0 Å². The molecule has 1 amide bonds. The van der Waals surface area contributed by atoms with Gasteiger partial charge in [-0.15, -0.1) is 0 Å². The predicted octanol–water partition coefficient (Wildman–Crippen LogP) is 1.81. The maximum atomic E-state index is 12.3. The topological polar surface area (TPSA) is 55.8 Å². The molecule has 0 spiro atoms. The number of carbonyl (C=O) groups excluding carboxylic acids is 2. The van der Waals surface area contributed by atoms with E-state index in [9.17, 15) is 18.4 Å². The lowest BCUT2D eigenvalue weighted by molar-refractivity contribution is -0.145. The Labute approximate surface area is 114 Å². The zero-order valence-electron chi connectivity index (χ0n) is 10.7. The summed E-state index contributed by atoms with van der Waals surface area (Å²) in [5.74, 6) is -1.51. The van der Waals surface area contributed by atoms with Crippen molar-refractivity contribution in [3.05, 3.63) is 24.3 Å². The van der Waals surface area contributed by atoms with Crippen LogP contribution in [0.25, 0.3) is 0 Å². The number of nitrogens with zero attached hydrogens (tertiary/aromatic N) is 1. The second-order valence-corrected chi connectivity index (χ2v) is 4.27. The Morgan fingerprint density at radius 3 is 2.75 bits per heavy atom. The van der Waals surface area contributed by atoms with Crippen molar-refractivity contribution in [3.8, 4) is 5.75 Å². The van der Waals surface area contributed by atoms with Gasteiger partial charge in [0.25, 0.3) is 0 Å². The maximum Gasteiger partial charge on any atom is 0.387 e. The van der Waals surface area contributed by atoms with E-state index in [4.69, 9.17) is 0 Å². The van der Waals surface area contributed by atoms with Gasteiger partial charge < -0.3 is 14.4 Å². The summed E-state index contributed by atoms with van der Waals surface area (Å²) in [5.41, 5.74) is 0.226. The summed E-state index contributed by atoms with van der Waals surface area (Å²) in [6, 6.07) is 5.97. The van der Waals surface area contributed by atoms with Gasteiger partial charge in [-0.2, -0.15) is 8.78 Å². The predicted molar refractivity (Wildman–Crippen MR) is 65.6 cm³/mol. The number of rotatable bonds is 4. The molecule has 1 saturated heterocycles. The van der Waals surface area contributed by atoms with Gasteiger partial charge in [-0.25, -0.2) is 0 Å². The molecule has 1 aliphatic rings. The first-order valence-corrected chi connectivity index (χ1v) is 5.95. The molecule has 108 valence electrons. The highest BCUT2D eigenvalue weighted by atomic mass is 19.3. The van der Waals surface area contributed by atoms with Gasteiger partial charge >= 0.3 is 12.6 Å². The highest BCUT2D eigenvalue weighted by molar-refractivity contribution is 6.00. The fourth-order valence-electron chi connectivity index (χ4n) is 2.14. The lowest BCUT2D eigenvalue weighted by atomic mass is 10.1. The fourth-order valence-corrected chi connectivity index (χ4v) is 2.14. The van der Waals surface area contributed by atoms with Crippen LogP contribution in [0.3, 0.4) is 0 Å². The molecular formula is C13H13F2NO4. The average Bonchev–Trinajstić information content (AvgIpc) is 2.80. The third-order valence-electron chi connectivity index (χ3n) is 3.03. The molecule has 5 nitrogen and oxygen atoms in total. The minimum absolute atomic E-state index is 0.00428. The van der Waals surface area contributed by atoms with E-state index in [2.05, 4.69) is 9.47 Å². The molecule has 1 fully saturated rings. The van der Waals surface area contributed by atoms with Crippen LogP contribution in [0.2, 0.25) is 0 Å². The molecule has 7 heteroatoms. The minimum Gasteiger partial charge on any atom is -0.469 e. The van der Waals surface area contributed by atoms with Crippen LogP contribution in [0, 0.1) is 5.92 Å². The second-order valence-electron chi connectivity index (χ2n) is 4.27. The van der Waals surface area contributed by atoms with Crippen molar-refractivity contribution < 1.29 is 27.8 Å². The Bertz CT molecular complexity index is 521. The summed E-state index contributed by atoms with van der Waals surface area (Å²) >= 11 is 0. The Morgan fingerprint density at radius 1 is 1.40 bits per heavy atom. The summed E-state index contributed by atoms with van der Waals surface area (Å²) in [5, 5.41) is 0. The lowest BCUT2D eigenvalue weighted by Gasteiger charge is -2.19. The number of benzene rings is 1. The van der Waals surface area contributed by atoms with Crippen molar-refractivity contribution in [2.75, 3.05) is 18.6 Å². The number of hydrogen-bond acceptors (Lipinski definition) is 4. The summed E-state index contributed by atoms with van der Waals surface area (Å²) < 4.78 is 33.7. The highest BCUT2D eigenvalue weighted by Gasteiger charge is 2.37. The van der Waals surface area contributed by atoms with Crippen LogP contribution in [0.5, 0.6) is 5.75 Å². The van der Waals surface area contributed by atoms with Crippen LogP contribution >= 0.6 is 0 Å². The van der Waals surface area contributed by atoms with Crippen LogP contribution in [0.1, 0.15) is 6.42 Å². The molecule has 0 bridgehead atoms. The molecular weight excluding hydrogens is 272 g/mol. The monoisotopic (exact) mass is 285 g/mol. The number of amides is 1. The van der Waals surface area contributed by atoms with Crippen LogP contribution in [-0.4, -0.2) is 32.1 Å². The Morgan fingerprint density at radius 2 is 2.10 bits per heavy atom. The third kappa shape index (κ3) is 2.87. The number of methoxy groups -OCH3 is 1. The lowest BCUT2D eigenvalue weighted by Crippen LogP contribution is -2.26.